The van der Waals surface area contributed by atoms with Crippen LogP contribution in [0.15, 0.2) is 65.6 Å². The Morgan fingerprint density at radius 2 is 1.88 bits per heavy atom. The van der Waals surface area contributed by atoms with Gasteiger partial charge in [-0.05, 0) is 68.7 Å². The van der Waals surface area contributed by atoms with Crippen molar-refractivity contribution in [3.05, 3.63) is 82.4 Å². The summed E-state index contributed by atoms with van der Waals surface area (Å²) in [6, 6.07) is 16.5. The molecule has 0 radical (unpaired) electrons. The molecule has 2 aliphatic heterocycles. The maximum atomic E-state index is 12.6. The number of nitrogens with one attached hydrogen (secondary N) is 1. The maximum Gasteiger partial charge on any atom is 0.255 e. The quantitative estimate of drug-likeness (QED) is 0.646. The molecule has 3 aromatic rings. The number of fused-ring (bicyclic) bond motifs is 4. The van der Waals surface area contributed by atoms with Crippen LogP contribution >= 0.6 is 0 Å². The van der Waals surface area contributed by atoms with E-state index in [2.05, 4.69) is 21.3 Å². The first-order chi connectivity index (χ1) is 16.0. The molecule has 4 heterocycles. The standard InChI is InChI=1S/C26H28N4O3/c1-17(2)33-22-9-6-19(7-10-22)26(32)28-21-8-11-24(27-13-21)29-14-18-12-20(16-29)23-4-3-5-25(31)30(23)15-18/h3-11,13,17-18,20H,12,14-16H2,1-2H3,(H,28,32). The van der Waals surface area contributed by atoms with Crippen molar-refractivity contribution >= 4 is 17.4 Å². The normalized spacial score (nSPS) is 19.2. The molecule has 1 aromatic carbocycles. The van der Waals surface area contributed by atoms with Crippen LogP contribution in [0.1, 0.15) is 42.2 Å². The first-order valence-corrected chi connectivity index (χ1v) is 11.4. The van der Waals surface area contributed by atoms with Crippen LogP contribution in [-0.2, 0) is 6.54 Å². The summed E-state index contributed by atoms with van der Waals surface area (Å²) in [6.07, 6.45) is 2.90. The van der Waals surface area contributed by atoms with Gasteiger partial charge in [0.25, 0.3) is 11.5 Å². The van der Waals surface area contributed by atoms with Crippen LogP contribution < -0.4 is 20.5 Å². The number of ether oxygens (including phenoxy) is 1. The first kappa shape index (κ1) is 21.2. The molecule has 0 spiro atoms. The minimum atomic E-state index is -0.185. The summed E-state index contributed by atoms with van der Waals surface area (Å²) in [5.74, 6) is 2.21. The molecule has 5 rings (SSSR count). The van der Waals surface area contributed by atoms with Gasteiger partial charge in [0.05, 0.1) is 18.0 Å². The number of amides is 1. The van der Waals surface area contributed by atoms with Gasteiger partial charge in [-0.25, -0.2) is 4.98 Å². The number of anilines is 2. The third-order valence-electron chi connectivity index (χ3n) is 6.30. The first-order valence-electron chi connectivity index (χ1n) is 11.4. The largest absolute Gasteiger partial charge is 0.491 e. The van der Waals surface area contributed by atoms with Crippen molar-refractivity contribution < 1.29 is 9.53 Å². The van der Waals surface area contributed by atoms with Gasteiger partial charge in [-0.2, -0.15) is 0 Å². The van der Waals surface area contributed by atoms with E-state index in [9.17, 15) is 9.59 Å². The molecular weight excluding hydrogens is 416 g/mol. The van der Waals surface area contributed by atoms with Crippen LogP contribution in [0.3, 0.4) is 0 Å². The number of piperidine rings is 1. The molecule has 2 bridgehead atoms. The number of nitrogens with zero attached hydrogens (tertiary/aromatic N) is 3. The lowest BCUT2D eigenvalue weighted by atomic mass is 9.83. The molecule has 1 amide bonds. The van der Waals surface area contributed by atoms with Crippen molar-refractivity contribution in [2.24, 2.45) is 5.92 Å². The second-order valence-electron chi connectivity index (χ2n) is 9.15. The van der Waals surface area contributed by atoms with Crippen molar-refractivity contribution in [1.82, 2.24) is 9.55 Å². The highest BCUT2D eigenvalue weighted by molar-refractivity contribution is 6.04. The Kier molecular flexibility index (Phi) is 5.62. The smallest absolute Gasteiger partial charge is 0.255 e. The van der Waals surface area contributed by atoms with Crippen LogP contribution in [0.25, 0.3) is 0 Å². The summed E-state index contributed by atoms with van der Waals surface area (Å²) in [7, 11) is 0. The Hall–Kier alpha value is -3.61. The van der Waals surface area contributed by atoms with Gasteiger partial charge in [0.15, 0.2) is 0 Å². The zero-order valence-electron chi connectivity index (χ0n) is 18.9. The highest BCUT2D eigenvalue weighted by atomic mass is 16.5. The Balaban J connectivity index is 1.25. The van der Waals surface area contributed by atoms with Gasteiger partial charge in [0.1, 0.15) is 11.6 Å². The zero-order valence-corrected chi connectivity index (χ0v) is 18.9. The maximum absolute atomic E-state index is 12.6. The lowest BCUT2D eigenvalue weighted by molar-refractivity contribution is 0.102. The summed E-state index contributed by atoms with van der Waals surface area (Å²) < 4.78 is 7.56. The monoisotopic (exact) mass is 444 g/mol. The van der Waals surface area contributed by atoms with Crippen LogP contribution in [0.4, 0.5) is 11.5 Å². The van der Waals surface area contributed by atoms with E-state index in [1.54, 1.807) is 36.5 Å². The number of rotatable bonds is 5. The second kappa shape index (κ2) is 8.73. The second-order valence-corrected chi connectivity index (χ2v) is 9.15. The Morgan fingerprint density at radius 3 is 2.61 bits per heavy atom. The third-order valence-corrected chi connectivity index (χ3v) is 6.30. The molecule has 1 saturated heterocycles. The van der Waals surface area contributed by atoms with Gasteiger partial charge in [-0.3, -0.25) is 9.59 Å². The van der Waals surface area contributed by atoms with Crippen molar-refractivity contribution in [2.75, 3.05) is 23.3 Å². The highest BCUT2D eigenvalue weighted by Gasteiger charge is 2.34. The average Bonchev–Trinajstić information content (AvgIpc) is 2.80. The fourth-order valence-corrected chi connectivity index (χ4v) is 4.89. The van der Waals surface area contributed by atoms with E-state index in [1.165, 1.54) is 0 Å². The molecule has 7 heteroatoms. The summed E-state index contributed by atoms with van der Waals surface area (Å²) in [5.41, 5.74) is 2.43. The number of hydrogen-bond acceptors (Lipinski definition) is 5. The van der Waals surface area contributed by atoms with E-state index in [4.69, 9.17) is 4.74 Å². The van der Waals surface area contributed by atoms with Gasteiger partial charge < -0.3 is 19.5 Å². The molecule has 1 N–H and O–H groups in total. The summed E-state index contributed by atoms with van der Waals surface area (Å²) in [4.78, 5) is 31.7. The summed E-state index contributed by atoms with van der Waals surface area (Å²) in [6.45, 7) is 6.41. The Labute approximate surface area is 193 Å². The lowest BCUT2D eigenvalue weighted by Crippen LogP contribution is -2.47. The topological polar surface area (TPSA) is 76.5 Å². The van der Waals surface area contributed by atoms with E-state index >= 15 is 0 Å². The summed E-state index contributed by atoms with van der Waals surface area (Å²) in [5, 5.41) is 2.91. The fraction of sp³-hybridized carbons (Fsp3) is 0.346. The molecule has 0 saturated carbocycles. The number of carbonyl (C=O) groups is 1. The molecule has 170 valence electrons. The predicted octanol–water partition coefficient (Wildman–Crippen LogP) is 3.91. The molecule has 33 heavy (non-hydrogen) atoms. The number of pyridine rings is 2. The van der Waals surface area contributed by atoms with E-state index in [-0.39, 0.29) is 17.6 Å². The van der Waals surface area contributed by atoms with Gasteiger partial charge in [0, 0.05) is 42.9 Å². The van der Waals surface area contributed by atoms with Crippen LogP contribution in [0.5, 0.6) is 5.75 Å². The van der Waals surface area contributed by atoms with Gasteiger partial charge in [0.2, 0.25) is 0 Å². The van der Waals surface area contributed by atoms with E-state index in [0.29, 0.717) is 23.1 Å². The molecule has 7 nitrogen and oxygen atoms in total. The van der Waals surface area contributed by atoms with Crippen molar-refractivity contribution in [1.29, 1.82) is 0 Å². The molecule has 2 unspecified atom stereocenters. The zero-order chi connectivity index (χ0) is 22.9. The number of hydrogen-bond donors (Lipinski definition) is 1. The Morgan fingerprint density at radius 1 is 1.06 bits per heavy atom. The van der Waals surface area contributed by atoms with Crippen molar-refractivity contribution in [2.45, 2.75) is 38.8 Å². The Bertz CT molecular complexity index is 1200. The molecule has 2 aliphatic rings. The predicted molar refractivity (Wildman–Crippen MR) is 128 cm³/mol. The lowest BCUT2D eigenvalue weighted by Gasteiger charge is -2.43. The van der Waals surface area contributed by atoms with E-state index in [0.717, 1.165) is 43.3 Å². The van der Waals surface area contributed by atoms with Gasteiger partial charge in [-0.1, -0.05) is 6.07 Å². The molecule has 0 aliphatic carbocycles. The SMILES string of the molecule is CC(C)Oc1ccc(C(=O)Nc2ccc(N3CC4CC(C3)c3cccc(=O)n3C4)nc2)cc1. The fourth-order valence-electron chi connectivity index (χ4n) is 4.89. The molecular formula is C26H28N4O3. The van der Waals surface area contributed by atoms with Crippen LogP contribution in [0.2, 0.25) is 0 Å². The van der Waals surface area contributed by atoms with Crippen LogP contribution in [0, 0.1) is 5.92 Å². The summed E-state index contributed by atoms with van der Waals surface area (Å²) >= 11 is 0. The van der Waals surface area contributed by atoms with Gasteiger partial charge >= 0.3 is 0 Å². The van der Waals surface area contributed by atoms with E-state index < -0.39 is 0 Å². The minimum absolute atomic E-state index is 0.0893. The molecule has 1 fully saturated rings. The molecule has 2 aromatic heterocycles. The number of carbonyl (C=O) groups excluding carboxylic acids is 1. The average molecular weight is 445 g/mol. The number of aromatic nitrogens is 2. The van der Waals surface area contributed by atoms with E-state index in [1.807, 2.05) is 36.6 Å². The minimum Gasteiger partial charge on any atom is -0.491 e. The number of benzene rings is 1. The molecule has 2 atom stereocenters. The van der Waals surface area contributed by atoms with Crippen molar-refractivity contribution in [3.63, 3.8) is 0 Å². The van der Waals surface area contributed by atoms with Gasteiger partial charge in [-0.15, -0.1) is 0 Å². The highest BCUT2D eigenvalue weighted by Crippen LogP contribution is 2.36. The van der Waals surface area contributed by atoms with Crippen LogP contribution in [-0.4, -0.2) is 34.7 Å². The van der Waals surface area contributed by atoms with Crippen molar-refractivity contribution in [3.8, 4) is 5.75 Å². The third kappa shape index (κ3) is 4.49.